The van der Waals surface area contributed by atoms with E-state index < -0.39 is 0 Å². The van der Waals surface area contributed by atoms with Crippen LogP contribution in [0.25, 0.3) is 10.8 Å². The molecule has 1 atom stereocenters. The topological polar surface area (TPSA) is 76.1 Å². The van der Waals surface area contributed by atoms with Gasteiger partial charge in [0.15, 0.2) is 0 Å². The van der Waals surface area contributed by atoms with Crippen molar-refractivity contribution in [2.24, 2.45) is 11.5 Å². The van der Waals surface area contributed by atoms with Gasteiger partial charge >= 0.3 is 0 Å². The van der Waals surface area contributed by atoms with Crippen molar-refractivity contribution in [2.45, 2.75) is 31.7 Å². The lowest BCUT2D eigenvalue weighted by molar-refractivity contribution is 0.547. The van der Waals surface area contributed by atoms with E-state index in [2.05, 4.69) is 53.1 Å². The summed E-state index contributed by atoms with van der Waals surface area (Å²) >= 11 is 0. The molecule has 2 rings (SSSR count). The number of hydrogen-bond donors (Lipinski definition) is 4. The average Bonchev–Trinajstić information content (AvgIpc) is 2.62. The second kappa shape index (κ2) is 11.2. The largest absolute Gasteiger partial charge is 0.330 e. The summed E-state index contributed by atoms with van der Waals surface area (Å²) in [6.45, 7) is 4.90. The number of rotatable bonds is 12. The van der Waals surface area contributed by atoms with Crippen molar-refractivity contribution in [2.75, 3.05) is 32.7 Å². The summed E-state index contributed by atoms with van der Waals surface area (Å²) in [5, 5.41) is 9.45. The summed E-state index contributed by atoms with van der Waals surface area (Å²) in [6, 6.07) is 14.9. The van der Waals surface area contributed by atoms with Crippen LogP contribution in [-0.2, 0) is 0 Å². The first-order valence-corrected chi connectivity index (χ1v) is 9.17. The number of benzene rings is 2. The smallest absolute Gasteiger partial charge is 0.0313 e. The Morgan fingerprint density at radius 3 is 2.25 bits per heavy atom. The van der Waals surface area contributed by atoms with Gasteiger partial charge in [-0.05, 0) is 74.7 Å². The monoisotopic (exact) mass is 328 g/mol. The third kappa shape index (κ3) is 6.21. The molecule has 0 aliphatic heterocycles. The zero-order chi connectivity index (χ0) is 17.0. The molecule has 0 aliphatic rings. The lowest BCUT2D eigenvalue weighted by atomic mass is 9.97. The maximum atomic E-state index is 6.41. The molecule has 2 aromatic carbocycles. The molecule has 132 valence electrons. The molecule has 0 aliphatic carbocycles. The van der Waals surface area contributed by atoms with Crippen LogP contribution in [0.2, 0.25) is 0 Å². The van der Waals surface area contributed by atoms with Crippen molar-refractivity contribution >= 4 is 10.8 Å². The molecule has 4 heteroatoms. The zero-order valence-corrected chi connectivity index (χ0v) is 14.6. The quantitative estimate of drug-likeness (QED) is 0.452. The fourth-order valence-corrected chi connectivity index (χ4v) is 2.96. The van der Waals surface area contributed by atoms with Crippen molar-refractivity contribution in [3.63, 3.8) is 0 Å². The predicted octanol–water partition coefficient (Wildman–Crippen LogP) is 2.54. The molecule has 2 aromatic rings. The van der Waals surface area contributed by atoms with Crippen molar-refractivity contribution in [1.82, 2.24) is 10.6 Å². The van der Waals surface area contributed by atoms with Crippen molar-refractivity contribution in [3.05, 3.63) is 48.0 Å². The molecule has 0 spiro atoms. The van der Waals surface area contributed by atoms with Gasteiger partial charge in [0.1, 0.15) is 0 Å². The van der Waals surface area contributed by atoms with Gasteiger partial charge in [0.25, 0.3) is 0 Å². The fourth-order valence-electron chi connectivity index (χ4n) is 2.96. The summed E-state index contributed by atoms with van der Waals surface area (Å²) in [7, 11) is 0. The first-order chi connectivity index (χ1) is 11.8. The van der Waals surface area contributed by atoms with Crippen molar-refractivity contribution in [1.29, 1.82) is 0 Å². The normalized spacial score (nSPS) is 12.6. The highest BCUT2D eigenvalue weighted by Gasteiger charge is 2.08. The Labute approximate surface area is 146 Å². The molecule has 0 radical (unpaired) electrons. The molecule has 6 N–H and O–H groups in total. The lowest BCUT2D eigenvalue weighted by Crippen LogP contribution is -2.23. The average molecular weight is 329 g/mol. The van der Waals surface area contributed by atoms with Gasteiger partial charge in [-0.15, -0.1) is 0 Å². The van der Waals surface area contributed by atoms with E-state index in [4.69, 9.17) is 11.5 Å². The van der Waals surface area contributed by atoms with Crippen LogP contribution in [0.5, 0.6) is 0 Å². The van der Waals surface area contributed by atoms with Gasteiger partial charge in [-0.2, -0.15) is 0 Å². The van der Waals surface area contributed by atoms with E-state index in [1.807, 2.05) is 0 Å². The number of nitrogens with one attached hydrogen (secondary N) is 2. The SMILES string of the molecule is NCCCNCCCCNCC[C@@H](N)c1cccc2ccccc12. The maximum Gasteiger partial charge on any atom is 0.0313 e. The third-order valence-corrected chi connectivity index (χ3v) is 4.37. The first kappa shape index (κ1) is 18.9. The molecule has 0 unspecified atom stereocenters. The summed E-state index contributed by atoms with van der Waals surface area (Å²) in [6.07, 6.45) is 4.42. The molecule has 0 bridgehead atoms. The van der Waals surface area contributed by atoms with Gasteiger partial charge in [0.05, 0.1) is 0 Å². The van der Waals surface area contributed by atoms with E-state index in [9.17, 15) is 0 Å². The van der Waals surface area contributed by atoms with Gasteiger partial charge in [-0.25, -0.2) is 0 Å². The van der Waals surface area contributed by atoms with E-state index in [1.54, 1.807) is 0 Å². The molecule has 0 heterocycles. The molecule has 0 aromatic heterocycles. The third-order valence-electron chi connectivity index (χ3n) is 4.37. The number of fused-ring (bicyclic) bond motifs is 1. The summed E-state index contributed by atoms with van der Waals surface area (Å²) < 4.78 is 0. The summed E-state index contributed by atoms with van der Waals surface area (Å²) in [4.78, 5) is 0. The van der Waals surface area contributed by atoms with E-state index in [0.717, 1.165) is 45.6 Å². The second-order valence-corrected chi connectivity index (χ2v) is 6.31. The van der Waals surface area contributed by atoms with Gasteiger partial charge < -0.3 is 22.1 Å². The van der Waals surface area contributed by atoms with Crippen LogP contribution in [0.4, 0.5) is 0 Å². The Kier molecular flexibility index (Phi) is 8.77. The second-order valence-electron chi connectivity index (χ2n) is 6.31. The Bertz CT molecular complexity index is 579. The van der Waals surface area contributed by atoms with E-state index in [-0.39, 0.29) is 6.04 Å². The minimum atomic E-state index is 0.0847. The number of nitrogens with two attached hydrogens (primary N) is 2. The van der Waals surface area contributed by atoms with Crippen LogP contribution in [0.3, 0.4) is 0 Å². The van der Waals surface area contributed by atoms with E-state index in [0.29, 0.717) is 0 Å². The van der Waals surface area contributed by atoms with E-state index >= 15 is 0 Å². The standard InChI is InChI=1S/C20H32N4/c21-12-6-15-23-13-3-4-14-24-16-11-20(22)19-10-5-8-17-7-1-2-9-18(17)19/h1-2,5,7-10,20,23-24H,3-4,6,11-16,21-22H2/t20-/m1/s1. The zero-order valence-electron chi connectivity index (χ0n) is 14.6. The first-order valence-electron chi connectivity index (χ1n) is 9.17. The molecule has 0 saturated carbocycles. The van der Waals surface area contributed by atoms with Crippen LogP contribution >= 0.6 is 0 Å². The predicted molar refractivity (Wildman–Crippen MR) is 104 cm³/mol. The van der Waals surface area contributed by atoms with Crippen LogP contribution < -0.4 is 22.1 Å². The van der Waals surface area contributed by atoms with Crippen LogP contribution in [0.1, 0.15) is 37.3 Å². The van der Waals surface area contributed by atoms with E-state index in [1.165, 1.54) is 29.2 Å². The fraction of sp³-hybridized carbons (Fsp3) is 0.500. The molecule has 4 nitrogen and oxygen atoms in total. The Morgan fingerprint density at radius 2 is 1.46 bits per heavy atom. The van der Waals surface area contributed by atoms with Crippen LogP contribution in [0, 0.1) is 0 Å². The summed E-state index contributed by atoms with van der Waals surface area (Å²) in [5.74, 6) is 0. The molecular formula is C20H32N4. The van der Waals surface area contributed by atoms with Crippen molar-refractivity contribution in [3.8, 4) is 0 Å². The highest BCUT2D eigenvalue weighted by Crippen LogP contribution is 2.24. The molecule has 0 saturated heterocycles. The van der Waals surface area contributed by atoms with Crippen LogP contribution in [-0.4, -0.2) is 32.7 Å². The molecular weight excluding hydrogens is 296 g/mol. The van der Waals surface area contributed by atoms with Crippen LogP contribution in [0.15, 0.2) is 42.5 Å². The Balaban J connectivity index is 1.62. The Morgan fingerprint density at radius 1 is 0.792 bits per heavy atom. The van der Waals surface area contributed by atoms with Gasteiger partial charge in [0.2, 0.25) is 0 Å². The molecule has 24 heavy (non-hydrogen) atoms. The van der Waals surface area contributed by atoms with Gasteiger partial charge in [-0.3, -0.25) is 0 Å². The van der Waals surface area contributed by atoms with Gasteiger partial charge in [-0.1, -0.05) is 42.5 Å². The number of hydrogen-bond acceptors (Lipinski definition) is 4. The number of unbranched alkanes of at least 4 members (excludes halogenated alkanes) is 1. The van der Waals surface area contributed by atoms with Crippen molar-refractivity contribution < 1.29 is 0 Å². The minimum absolute atomic E-state index is 0.0847. The summed E-state index contributed by atoms with van der Waals surface area (Å²) in [5.41, 5.74) is 13.1. The molecule has 0 fully saturated rings. The molecule has 0 amide bonds. The highest BCUT2D eigenvalue weighted by atomic mass is 14.9. The Hall–Kier alpha value is -1.46. The minimum Gasteiger partial charge on any atom is -0.330 e. The highest BCUT2D eigenvalue weighted by molar-refractivity contribution is 5.86. The maximum absolute atomic E-state index is 6.41. The lowest BCUT2D eigenvalue weighted by Gasteiger charge is -2.15. The van der Waals surface area contributed by atoms with Gasteiger partial charge in [0, 0.05) is 6.04 Å².